The van der Waals surface area contributed by atoms with Crippen LogP contribution in [0, 0.1) is 13.8 Å². The van der Waals surface area contributed by atoms with Crippen LogP contribution >= 0.6 is 11.3 Å². The van der Waals surface area contributed by atoms with Gasteiger partial charge in [-0.25, -0.2) is 0 Å². The molecule has 0 aliphatic heterocycles. The first-order chi connectivity index (χ1) is 21.6. The van der Waals surface area contributed by atoms with Crippen LogP contribution < -0.4 is 9.47 Å². The van der Waals surface area contributed by atoms with Gasteiger partial charge < -0.3 is 9.47 Å². The largest absolute Gasteiger partial charge is 0.490 e. The van der Waals surface area contributed by atoms with Gasteiger partial charge in [-0.3, -0.25) is 0 Å². The number of aryl methyl sites for hydroxylation is 2. The van der Waals surface area contributed by atoms with Crippen molar-refractivity contribution in [2.24, 2.45) is 0 Å². The van der Waals surface area contributed by atoms with Crippen molar-refractivity contribution in [1.82, 2.24) is 0 Å². The Balaban J connectivity index is 1.38. The van der Waals surface area contributed by atoms with Crippen LogP contribution in [0.2, 0.25) is 0 Å². The fourth-order valence-corrected chi connectivity index (χ4v) is 8.62. The number of unbranched alkanes of at least 4 members (excludes halogenated alkanes) is 10. The Morgan fingerprint density at radius 3 is 1.59 bits per heavy atom. The van der Waals surface area contributed by atoms with Gasteiger partial charge in [-0.15, -0.1) is 11.3 Å². The second-order valence-electron chi connectivity index (χ2n) is 13.1. The van der Waals surface area contributed by atoms with Crippen LogP contribution in [0.25, 0.3) is 22.3 Å². The van der Waals surface area contributed by atoms with E-state index in [4.69, 9.17) is 9.47 Å². The Bertz CT molecular complexity index is 1530. The van der Waals surface area contributed by atoms with E-state index in [1.165, 1.54) is 119 Å². The molecular formula is C41H50O2S. The summed E-state index contributed by atoms with van der Waals surface area (Å²) in [7, 11) is 0. The Kier molecular flexibility index (Phi) is 9.81. The van der Waals surface area contributed by atoms with Gasteiger partial charge in [0.1, 0.15) is 0 Å². The predicted octanol–water partition coefficient (Wildman–Crippen LogP) is 12.2. The molecule has 6 rings (SSSR count). The number of benzene rings is 3. The molecule has 0 saturated heterocycles. The molecule has 0 atom stereocenters. The van der Waals surface area contributed by atoms with Gasteiger partial charge in [0.2, 0.25) is 0 Å². The maximum absolute atomic E-state index is 6.66. The third kappa shape index (κ3) is 5.73. The molecule has 44 heavy (non-hydrogen) atoms. The first-order valence-corrected chi connectivity index (χ1v) is 18.2. The first kappa shape index (κ1) is 31.0. The molecular weight excluding hydrogens is 557 g/mol. The molecule has 0 radical (unpaired) electrons. The summed E-state index contributed by atoms with van der Waals surface area (Å²) in [6, 6.07) is 21.1. The summed E-state index contributed by atoms with van der Waals surface area (Å²) in [6.07, 6.45) is 15.1. The molecule has 1 spiro atoms. The fourth-order valence-electron chi connectivity index (χ4n) is 7.47. The molecule has 1 heterocycles. The lowest BCUT2D eigenvalue weighted by atomic mass is 9.73. The average molecular weight is 607 g/mol. The van der Waals surface area contributed by atoms with Crippen molar-refractivity contribution in [3.63, 3.8) is 0 Å². The van der Waals surface area contributed by atoms with E-state index in [0.717, 1.165) is 37.6 Å². The molecule has 3 heteroatoms. The third-order valence-corrected chi connectivity index (χ3v) is 10.8. The van der Waals surface area contributed by atoms with Crippen LogP contribution in [0.1, 0.15) is 124 Å². The molecule has 0 amide bonds. The molecule has 0 N–H and O–H groups in total. The number of ether oxygens (including phenoxy) is 2. The van der Waals surface area contributed by atoms with Gasteiger partial charge in [-0.2, -0.15) is 0 Å². The minimum atomic E-state index is -0.322. The second-order valence-corrected chi connectivity index (χ2v) is 14.0. The Morgan fingerprint density at radius 2 is 1.02 bits per heavy atom. The molecule has 2 aliphatic rings. The van der Waals surface area contributed by atoms with Gasteiger partial charge in [-0.1, -0.05) is 126 Å². The van der Waals surface area contributed by atoms with E-state index >= 15 is 0 Å². The minimum absolute atomic E-state index is 0.322. The van der Waals surface area contributed by atoms with E-state index in [1.54, 1.807) is 0 Å². The van der Waals surface area contributed by atoms with E-state index in [-0.39, 0.29) is 5.41 Å². The van der Waals surface area contributed by atoms with Crippen molar-refractivity contribution in [2.75, 3.05) is 13.2 Å². The highest BCUT2D eigenvalue weighted by Crippen LogP contribution is 2.65. The van der Waals surface area contributed by atoms with Gasteiger partial charge in [0.05, 0.1) is 18.6 Å². The zero-order chi connectivity index (χ0) is 30.5. The quantitative estimate of drug-likeness (QED) is 0.102. The lowest BCUT2D eigenvalue weighted by Crippen LogP contribution is -2.25. The summed E-state index contributed by atoms with van der Waals surface area (Å²) in [5, 5.41) is 2.28. The maximum atomic E-state index is 6.66. The van der Waals surface area contributed by atoms with Gasteiger partial charge >= 0.3 is 0 Å². The van der Waals surface area contributed by atoms with E-state index < -0.39 is 0 Å². The van der Waals surface area contributed by atoms with E-state index in [1.807, 2.05) is 11.3 Å². The van der Waals surface area contributed by atoms with Crippen LogP contribution in [0.4, 0.5) is 0 Å². The first-order valence-electron chi connectivity index (χ1n) is 17.3. The molecule has 3 aromatic carbocycles. The molecule has 232 valence electrons. The number of thiophene rings is 1. The highest BCUT2D eigenvalue weighted by Gasteiger charge is 2.53. The van der Waals surface area contributed by atoms with Crippen LogP contribution in [-0.4, -0.2) is 13.2 Å². The third-order valence-electron chi connectivity index (χ3n) is 9.74. The molecule has 2 nitrogen and oxygen atoms in total. The molecule has 1 aromatic heterocycles. The zero-order valence-electron chi connectivity index (χ0n) is 27.4. The van der Waals surface area contributed by atoms with Crippen LogP contribution in [0.5, 0.6) is 11.5 Å². The van der Waals surface area contributed by atoms with E-state index in [2.05, 4.69) is 87.7 Å². The molecule has 0 saturated carbocycles. The number of hydrogen-bond acceptors (Lipinski definition) is 3. The van der Waals surface area contributed by atoms with Crippen LogP contribution in [-0.2, 0) is 5.41 Å². The summed E-state index contributed by atoms with van der Waals surface area (Å²) in [5.41, 5.74) is 11.8. The van der Waals surface area contributed by atoms with Crippen LogP contribution in [0.3, 0.4) is 0 Å². The number of hydrogen-bond donors (Lipinski definition) is 0. The molecule has 4 aromatic rings. The summed E-state index contributed by atoms with van der Waals surface area (Å²) in [4.78, 5) is 1.43. The van der Waals surface area contributed by atoms with Crippen molar-refractivity contribution in [3.05, 3.63) is 92.7 Å². The molecule has 2 aliphatic carbocycles. The van der Waals surface area contributed by atoms with Gasteiger partial charge in [0.15, 0.2) is 11.5 Å². The van der Waals surface area contributed by atoms with Gasteiger partial charge in [0, 0.05) is 4.88 Å². The minimum Gasteiger partial charge on any atom is -0.490 e. The van der Waals surface area contributed by atoms with Crippen molar-refractivity contribution in [3.8, 4) is 33.8 Å². The van der Waals surface area contributed by atoms with Crippen molar-refractivity contribution in [2.45, 2.75) is 110 Å². The standard InChI is InChI=1S/C41H50O2S/c1-5-7-9-11-13-15-22-42-38-27-34-33-21-24-44-40(33)41(37(34)28-39(38)43-23-16-14-12-10-8-6-2)35-25-29(3)17-19-31(35)32-20-18-30(4)26-36(32)41/h17-21,24-28H,5-16,22-23H2,1-4H3. The van der Waals surface area contributed by atoms with E-state index in [0.29, 0.717) is 0 Å². The Morgan fingerprint density at radius 1 is 0.523 bits per heavy atom. The summed E-state index contributed by atoms with van der Waals surface area (Å²) < 4.78 is 13.2. The molecule has 0 bridgehead atoms. The smallest absolute Gasteiger partial charge is 0.161 e. The highest BCUT2D eigenvalue weighted by atomic mass is 32.1. The monoisotopic (exact) mass is 606 g/mol. The lowest BCUT2D eigenvalue weighted by Gasteiger charge is -2.30. The normalized spacial score (nSPS) is 13.5. The van der Waals surface area contributed by atoms with E-state index in [9.17, 15) is 0 Å². The second kappa shape index (κ2) is 13.9. The molecule has 0 fully saturated rings. The van der Waals surface area contributed by atoms with Crippen molar-refractivity contribution >= 4 is 11.3 Å². The van der Waals surface area contributed by atoms with Gasteiger partial charge in [-0.05, 0) is 89.2 Å². The fraction of sp³-hybridized carbons (Fsp3) is 0.463. The van der Waals surface area contributed by atoms with Gasteiger partial charge in [0.25, 0.3) is 0 Å². The van der Waals surface area contributed by atoms with Crippen molar-refractivity contribution in [1.29, 1.82) is 0 Å². The topological polar surface area (TPSA) is 18.5 Å². The Hall–Kier alpha value is -3.04. The lowest BCUT2D eigenvalue weighted by molar-refractivity contribution is 0.258. The highest BCUT2D eigenvalue weighted by molar-refractivity contribution is 7.11. The summed E-state index contributed by atoms with van der Waals surface area (Å²) >= 11 is 1.90. The zero-order valence-corrected chi connectivity index (χ0v) is 28.2. The average Bonchev–Trinajstić information content (AvgIpc) is 3.68. The molecule has 0 unspecified atom stereocenters. The summed E-state index contributed by atoms with van der Waals surface area (Å²) in [6.45, 7) is 10.5. The van der Waals surface area contributed by atoms with Crippen molar-refractivity contribution < 1.29 is 9.47 Å². The number of fused-ring (bicyclic) bond motifs is 10. The number of rotatable bonds is 16. The summed E-state index contributed by atoms with van der Waals surface area (Å²) in [5.74, 6) is 1.82. The maximum Gasteiger partial charge on any atom is 0.161 e. The Labute approximate surface area is 269 Å². The predicted molar refractivity (Wildman–Crippen MR) is 188 cm³/mol. The van der Waals surface area contributed by atoms with Crippen LogP contribution in [0.15, 0.2) is 60.0 Å². The SMILES string of the molecule is CCCCCCCCOc1cc2c(cc1OCCCCCCCC)C1(c3cc(C)ccc3-c3ccc(C)cc31)c1sccc1-2.